The number of esters is 1. The third-order valence-electron chi connectivity index (χ3n) is 2.51. The number of carboxylic acids is 1. The Hall–Kier alpha value is -0.430. The van der Waals surface area contributed by atoms with Crippen LogP contribution in [-0.2, 0) is 0 Å². The third-order valence-corrected chi connectivity index (χ3v) is 6.18. The van der Waals surface area contributed by atoms with E-state index >= 15 is 0 Å². The molecule has 2 aromatic rings. The highest BCUT2D eigenvalue weighted by molar-refractivity contribution is 14.1. The first-order valence-electron chi connectivity index (χ1n) is 5.56. The van der Waals surface area contributed by atoms with Crippen molar-refractivity contribution in [3.05, 3.63) is 58.2 Å². The van der Waals surface area contributed by atoms with Crippen LogP contribution >= 0.6 is 67.8 Å². The summed E-state index contributed by atoms with van der Waals surface area (Å²) in [7, 11) is 0. The summed E-state index contributed by atoms with van der Waals surface area (Å²) >= 11 is 6.39. The van der Waals surface area contributed by atoms with Gasteiger partial charge in [-0.25, -0.2) is 4.79 Å². The van der Waals surface area contributed by atoms with Crippen molar-refractivity contribution < 1.29 is 19.4 Å². The molecule has 0 saturated carbocycles. The highest BCUT2D eigenvalue weighted by atomic mass is 127. The van der Waals surface area contributed by atoms with Gasteiger partial charge in [0.2, 0.25) is 0 Å². The van der Waals surface area contributed by atoms with Crippen molar-refractivity contribution in [1.29, 1.82) is 0 Å². The Morgan fingerprint density at radius 1 is 1.00 bits per heavy atom. The van der Waals surface area contributed by atoms with Crippen molar-refractivity contribution in [2.75, 3.05) is 0 Å². The molecule has 0 amide bonds. The molecule has 2 aromatic carbocycles. The fourth-order valence-corrected chi connectivity index (χ4v) is 3.90. The molecule has 0 aliphatic rings. The zero-order chi connectivity index (χ0) is 15.6. The van der Waals surface area contributed by atoms with E-state index in [1.54, 1.807) is 6.07 Å². The standard InChI is InChI=1S/C14H7I3O4/c15-8-5-10(12(17)11(16)6-8)14(20)21-9-3-1-7(2-4-9)13(18)19/h1-6H,(H,18,19)/p-1. The molecule has 0 aromatic heterocycles. The molecular formula is C14H6I3O4-. The number of hydrogen-bond donors (Lipinski definition) is 0. The molecule has 21 heavy (non-hydrogen) atoms. The van der Waals surface area contributed by atoms with Gasteiger partial charge in [-0.05, 0) is 110 Å². The van der Waals surface area contributed by atoms with E-state index in [4.69, 9.17) is 4.74 Å². The number of ether oxygens (including phenoxy) is 1. The van der Waals surface area contributed by atoms with Crippen LogP contribution in [-0.4, -0.2) is 11.9 Å². The molecule has 108 valence electrons. The summed E-state index contributed by atoms with van der Waals surface area (Å²) < 4.78 is 8.00. The van der Waals surface area contributed by atoms with Crippen LogP contribution in [0, 0.1) is 10.7 Å². The third kappa shape index (κ3) is 4.28. The molecule has 0 unspecified atom stereocenters. The van der Waals surface area contributed by atoms with Gasteiger partial charge < -0.3 is 14.6 Å². The zero-order valence-corrected chi connectivity index (χ0v) is 16.7. The minimum atomic E-state index is -1.27. The molecule has 7 heteroatoms. The Morgan fingerprint density at radius 3 is 2.19 bits per heavy atom. The minimum Gasteiger partial charge on any atom is -0.545 e. The molecule has 0 radical (unpaired) electrons. The van der Waals surface area contributed by atoms with E-state index in [-0.39, 0.29) is 11.3 Å². The quantitative estimate of drug-likeness (QED) is 0.230. The molecule has 0 aliphatic heterocycles. The van der Waals surface area contributed by atoms with E-state index in [0.29, 0.717) is 5.56 Å². The second-order valence-corrected chi connectivity index (χ2v) is 7.44. The average molecular weight is 619 g/mol. The predicted molar refractivity (Wildman–Crippen MR) is 100 cm³/mol. The summed E-state index contributed by atoms with van der Waals surface area (Å²) in [5, 5.41) is 10.7. The molecular weight excluding hydrogens is 613 g/mol. The van der Waals surface area contributed by atoms with E-state index in [1.807, 2.05) is 6.07 Å². The van der Waals surface area contributed by atoms with Crippen LogP contribution < -0.4 is 9.84 Å². The lowest BCUT2D eigenvalue weighted by atomic mass is 10.2. The highest BCUT2D eigenvalue weighted by Gasteiger charge is 2.15. The summed E-state index contributed by atoms with van der Waals surface area (Å²) in [5.74, 6) is -1.46. The predicted octanol–water partition coefficient (Wildman–Crippen LogP) is 3.08. The molecule has 0 fully saturated rings. The van der Waals surface area contributed by atoms with Crippen molar-refractivity contribution in [3.63, 3.8) is 0 Å². The van der Waals surface area contributed by atoms with Gasteiger partial charge in [0.15, 0.2) is 0 Å². The molecule has 4 nitrogen and oxygen atoms in total. The van der Waals surface area contributed by atoms with E-state index in [2.05, 4.69) is 67.8 Å². The first kappa shape index (κ1) is 16.9. The maximum atomic E-state index is 12.2. The molecule has 0 aliphatic carbocycles. The number of carbonyl (C=O) groups excluding carboxylic acids is 2. The SMILES string of the molecule is O=C([O-])c1ccc(OC(=O)c2cc(I)cc(I)c2I)cc1. The Kier molecular flexibility index (Phi) is 5.82. The van der Waals surface area contributed by atoms with Crippen molar-refractivity contribution in [3.8, 4) is 5.75 Å². The van der Waals surface area contributed by atoms with Gasteiger partial charge in [-0.1, -0.05) is 0 Å². The van der Waals surface area contributed by atoms with Crippen molar-refractivity contribution >= 4 is 79.7 Å². The first-order valence-corrected chi connectivity index (χ1v) is 8.80. The molecule has 0 saturated heterocycles. The van der Waals surface area contributed by atoms with Crippen LogP contribution in [0.2, 0.25) is 0 Å². The topological polar surface area (TPSA) is 66.4 Å². The molecule has 2 rings (SSSR count). The van der Waals surface area contributed by atoms with Gasteiger partial charge in [0, 0.05) is 10.7 Å². The van der Waals surface area contributed by atoms with Crippen LogP contribution in [0.1, 0.15) is 20.7 Å². The van der Waals surface area contributed by atoms with E-state index in [0.717, 1.165) is 10.7 Å². The van der Waals surface area contributed by atoms with Crippen molar-refractivity contribution in [1.82, 2.24) is 0 Å². The maximum Gasteiger partial charge on any atom is 0.344 e. The van der Waals surface area contributed by atoms with Crippen molar-refractivity contribution in [2.24, 2.45) is 0 Å². The number of hydrogen-bond acceptors (Lipinski definition) is 4. The number of benzene rings is 2. The monoisotopic (exact) mass is 619 g/mol. The zero-order valence-electron chi connectivity index (χ0n) is 10.2. The number of rotatable bonds is 3. The van der Waals surface area contributed by atoms with Gasteiger partial charge in [0.05, 0.1) is 11.5 Å². The number of halogens is 3. The Morgan fingerprint density at radius 2 is 1.62 bits per heavy atom. The van der Waals surface area contributed by atoms with Crippen LogP contribution in [0.5, 0.6) is 5.75 Å². The van der Waals surface area contributed by atoms with E-state index < -0.39 is 11.9 Å². The number of carboxylic acid groups (broad SMARTS) is 1. The van der Waals surface area contributed by atoms with Gasteiger partial charge in [0.1, 0.15) is 5.75 Å². The summed E-state index contributed by atoms with van der Waals surface area (Å²) in [5.41, 5.74) is 0.518. The maximum absolute atomic E-state index is 12.2. The van der Waals surface area contributed by atoms with Gasteiger partial charge in [-0.3, -0.25) is 0 Å². The smallest absolute Gasteiger partial charge is 0.344 e. The van der Waals surface area contributed by atoms with Gasteiger partial charge in [-0.2, -0.15) is 0 Å². The van der Waals surface area contributed by atoms with Crippen LogP contribution in [0.15, 0.2) is 36.4 Å². The lowest BCUT2D eigenvalue weighted by Gasteiger charge is -2.09. The molecule has 0 heterocycles. The second-order valence-electron chi connectivity index (χ2n) is 3.95. The van der Waals surface area contributed by atoms with Gasteiger partial charge >= 0.3 is 5.97 Å². The van der Waals surface area contributed by atoms with E-state index in [1.165, 1.54) is 24.3 Å². The fraction of sp³-hybridized carbons (Fsp3) is 0. The average Bonchev–Trinajstić information content (AvgIpc) is 2.43. The van der Waals surface area contributed by atoms with Crippen molar-refractivity contribution in [2.45, 2.75) is 0 Å². The summed E-state index contributed by atoms with van der Waals surface area (Å²) in [6.45, 7) is 0. The molecule has 0 atom stereocenters. The highest BCUT2D eigenvalue weighted by Crippen LogP contribution is 2.24. The number of aromatic carboxylic acids is 1. The largest absolute Gasteiger partial charge is 0.545 e. The Balaban J connectivity index is 2.24. The summed E-state index contributed by atoms with van der Waals surface area (Å²) in [4.78, 5) is 22.8. The normalized spacial score (nSPS) is 10.2. The lowest BCUT2D eigenvalue weighted by molar-refractivity contribution is -0.255. The van der Waals surface area contributed by atoms with Gasteiger partial charge in [-0.15, -0.1) is 0 Å². The van der Waals surface area contributed by atoms with E-state index in [9.17, 15) is 14.7 Å². The van der Waals surface area contributed by atoms with Crippen LogP contribution in [0.4, 0.5) is 0 Å². The molecule has 0 N–H and O–H groups in total. The van der Waals surface area contributed by atoms with Crippen LogP contribution in [0.25, 0.3) is 0 Å². The molecule has 0 spiro atoms. The Bertz CT molecular complexity index is 711. The second kappa shape index (κ2) is 7.22. The summed E-state index contributed by atoms with van der Waals surface area (Å²) in [6.07, 6.45) is 0. The molecule has 0 bridgehead atoms. The number of carbonyl (C=O) groups is 2. The van der Waals surface area contributed by atoms with Crippen LogP contribution in [0.3, 0.4) is 0 Å². The minimum absolute atomic E-state index is 0.0354. The lowest BCUT2D eigenvalue weighted by Crippen LogP contribution is -2.22. The first-order chi connectivity index (χ1) is 9.88. The Labute approximate surface area is 161 Å². The summed E-state index contributed by atoms with van der Waals surface area (Å²) in [6, 6.07) is 9.24. The van der Waals surface area contributed by atoms with Gasteiger partial charge in [0.25, 0.3) is 0 Å². The fourth-order valence-electron chi connectivity index (χ4n) is 1.53.